The Morgan fingerprint density at radius 3 is 2.76 bits per heavy atom. The van der Waals surface area contributed by atoms with E-state index in [1.54, 1.807) is 29.2 Å². The van der Waals surface area contributed by atoms with Gasteiger partial charge in [-0.25, -0.2) is 0 Å². The molecule has 1 amide bonds. The Bertz CT molecular complexity index is 666. The number of amides is 1. The Morgan fingerprint density at radius 1 is 1.43 bits per heavy atom. The van der Waals surface area contributed by atoms with Crippen molar-refractivity contribution in [2.24, 2.45) is 0 Å². The van der Waals surface area contributed by atoms with Crippen LogP contribution in [-0.4, -0.2) is 17.4 Å². The lowest BCUT2D eigenvalue weighted by molar-refractivity contribution is 0.0763. The average molecular weight is 321 g/mol. The molecule has 0 aliphatic carbocycles. The van der Waals surface area contributed by atoms with Crippen molar-refractivity contribution in [1.29, 1.82) is 0 Å². The monoisotopic (exact) mass is 320 g/mol. The number of aryl methyl sites for hydroxylation is 1. The lowest BCUT2D eigenvalue weighted by Gasteiger charge is -2.21. The van der Waals surface area contributed by atoms with Crippen molar-refractivity contribution in [2.75, 3.05) is 12.3 Å². The van der Waals surface area contributed by atoms with Crippen LogP contribution < -0.4 is 5.73 Å². The molecule has 2 N–H and O–H groups in total. The molecule has 1 heterocycles. The minimum absolute atomic E-state index is 0.0306. The number of nitrogens with zero attached hydrogens (tertiary/aromatic N) is 1. The largest absolute Gasteiger partial charge is 0.399 e. The molecule has 2 rings (SSSR count). The number of hydrogen-bond acceptors (Lipinski definition) is 3. The molecule has 0 atom stereocenters. The molecule has 1 aromatic heterocycles. The molecule has 5 heteroatoms. The summed E-state index contributed by atoms with van der Waals surface area (Å²) in [5, 5.41) is 0. The third-order valence-corrected chi connectivity index (χ3v) is 4.31. The quantitative estimate of drug-likeness (QED) is 0.665. The van der Waals surface area contributed by atoms with Gasteiger partial charge in [-0.15, -0.1) is 17.9 Å². The molecule has 0 bridgehead atoms. The van der Waals surface area contributed by atoms with E-state index < -0.39 is 0 Å². The minimum Gasteiger partial charge on any atom is -0.399 e. The van der Waals surface area contributed by atoms with Crippen molar-refractivity contribution >= 4 is 34.5 Å². The molecule has 0 saturated carbocycles. The topological polar surface area (TPSA) is 46.3 Å². The van der Waals surface area contributed by atoms with Crippen LogP contribution in [0.15, 0.2) is 43.0 Å². The highest BCUT2D eigenvalue weighted by Crippen LogP contribution is 2.24. The highest BCUT2D eigenvalue weighted by atomic mass is 35.5. The maximum atomic E-state index is 12.7. The Labute approximate surface area is 133 Å². The molecule has 110 valence electrons. The smallest absolute Gasteiger partial charge is 0.254 e. The van der Waals surface area contributed by atoms with Gasteiger partial charge in [0.15, 0.2) is 0 Å². The first kappa shape index (κ1) is 15.6. The van der Waals surface area contributed by atoms with Crippen LogP contribution in [0.25, 0.3) is 0 Å². The lowest BCUT2D eigenvalue weighted by atomic mass is 10.1. The summed E-state index contributed by atoms with van der Waals surface area (Å²) in [6.07, 6.45) is 1.72. The molecule has 0 saturated heterocycles. The van der Waals surface area contributed by atoms with Crippen LogP contribution in [-0.2, 0) is 6.54 Å². The van der Waals surface area contributed by atoms with E-state index in [2.05, 4.69) is 6.58 Å². The number of thiophene rings is 1. The molecule has 0 fully saturated rings. The van der Waals surface area contributed by atoms with Crippen LogP contribution in [0.5, 0.6) is 0 Å². The summed E-state index contributed by atoms with van der Waals surface area (Å²) < 4.78 is 0.722. The van der Waals surface area contributed by atoms with E-state index in [4.69, 9.17) is 17.3 Å². The van der Waals surface area contributed by atoms with Crippen LogP contribution in [0.2, 0.25) is 4.34 Å². The molecule has 1 aromatic carbocycles. The van der Waals surface area contributed by atoms with Crippen LogP contribution in [0.1, 0.15) is 20.8 Å². The van der Waals surface area contributed by atoms with Gasteiger partial charge in [-0.05, 0) is 42.8 Å². The van der Waals surface area contributed by atoms with Crippen LogP contribution in [0.4, 0.5) is 5.69 Å². The zero-order valence-corrected chi connectivity index (χ0v) is 13.4. The molecule has 0 aliphatic heterocycles. The van der Waals surface area contributed by atoms with Gasteiger partial charge in [-0.3, -0.25) is 4.79 Å². The number of nitrogen functional groups attached to an aromatic ring is 1. The summed E-state index contributed by atoms with van der Waals surface area (Å²) in [4.78, 5) is 15.5. The first-order chi connectivity index (χ1) is 10.0. The average Bonchev–Trinajstić information content (AvgIpc) is 2.83. The lowest BCUT2D eigenvalue weighted by Crippen LogP contribution is -2.30. The molecular formula is C16H17ClN2OS. The van der Waals surface area contributed by atoms with Crippen LogP contribution in [0.3, 0.4) is 0 Å². The second kappa shape index (κ2) is 6.78. The van der Waals surface area contributed by atoms with Crippen molar-refractivity contribution in [3.05, 3.63) is 63.3 Å². The Balaban J connectivity index is 2.24. The highest BCUT2D eigenvalue weighted by Gasteiger charge is 2.17. The molecule has 0 spiro atoms. The fraction of sp³-hybridized carbons (Fsp3) is 0.188. The predicted octanol–water partition coefficient (Wildman–Crippen LogP) is 4.12. The van der Waals surface area contributed by atoms with Gasteiger partial charge in [0.1, 0.15) is 0 Å². The van der Waals surface area contributed by atoms with Crippen LogP contribution >= 0.6 is 22.9 Å². The molecule has 0 unspecified atom stereocenters. The van der Waals surface area contributed by atoms with Gasteiger partial charge in [-0.2, -0.15) is 0 Å². The van der Waals surface area contributed by atoms with E-state index in [1.807, 2.05) is 19.1 Å². The van der Waals surface area contributed by atoms with Gasteiger partial charge >= 0.3 is 0 Å². The number of anilines is 1. The number of carbonyl (C=O) groups is 1. The second-order valence-corrected chi connectivity index (χ2v) is 6.55. The molecule has 21 heavy (non-hydrogen) atoms. The van der Waals surface area contributed by atoms with E-state index in [9.17, 15) is 4.79 Å². The summed E-state index contributed by atoms with van der Waals surface area (Å²) in [7, 11) is 0. The van der Waals surface area contributed by atoms with E-state index in [0.29, 0.717) is 24.3 Å². The third kappa shape index (κ3) is 3.86. The summed E-state index contributed by atoms with van der Waals surface area (Å²) in [5.74, 6) is -0.0306. The summed E-state index contributed by atoms with van der Waals surface area (Å²) in [6.45, 7) is 6.61. The number of hydrogen-bond donors (Lipinski definition) is 1. The van der Waals surface area contributed by atoms with E-state index in [1.165, 1.54) is 11.3 Å². The highest BCUT2D eigenvalue weighted by molar-refractivity contribution is 7.16. The van der Waals surface area contributed by atoms with Gasteiger partial charge in [0.2, 0.25) is 0 Å². The maximum absolute atomic E-state index is 12.7. The molecule has 0 radical (unpaired) electrons. The predicted molar refractivity (Wildman–Crippen MR) is 89.9 cm³/mol. The van der Waals surface area contributed by atoms with Gasteiger partial charge in [0.25, 0.3) is 5.91 Å². The van der Waals surface area contributed by atoms with Crippen molar-refractivity contribution in [1.82, 2.24) is 4.90 Å². The van der Waals surface area contributed by atoms with E-state index in [-0.39, 0.29) is 5.91 Å². The minimum atomic E-state index is -0.0306. The number of benzene rings is 1. The maximum Gasteiger partial charge on any atom is 0.254 e. The summed E-state index contributed by atoms with van der Waals surface area (Å²) in [5.41, 5.74) is 7.93. The zero-order valence-electron chi connectivity index (χ0n) is 11.8. The van der Waals surface area contributed by atoms with Gasteiger partial charge in [0, 0.05) is 22.7 Å². The standard InChI is InChI=1S/C16H17ClN2OS/c1-3-8-19(10-13-5-7-15(17)21-13)16(20)14-6-4-12(18)9-11(14)2/h3-7,9H,1,8,10,18H2,2H3. The van der Waals surface area contributed by atoms with E-state index >= 15 is 0 Å². The molecule has 0 aliphatic rings. The fourth-order valence-electron chi connectivity index (χ4n) is 2.10. The van der Waals surface area contributed by atoms with Gasteiger partial charge < -0.3 is 10.6 Å². The second-order valence-electron chi connectivity index (χ2n) is 4.75. The number of carbonyl (C=O) groups excluding carboxylic acids is 1. The first-order valence-electron chi connectivity index (χ1n) is 6.51. The third-order valence-electron chi connectivity index (χ3n) is 3.09. The number of halogens is 1. The number of rotatable bonds is 5. The SMILES string of the molecule is C=CCN(Cc1ccc(Cl)s1)C(=O)c1ccc(N)cc1C. The first-order valence-corrected chi connectivity index (χ1v) is 7.71. The van der Waals surface area contributed by atoms with E-state index in [0.717, 1.165) is 14.8 Å². The Kier molecular flexibility index (Phi) is 5.04. The van der Waals surface area contributed by atoms with Crippen molar-refractivity contribution < 1.29 is 4.79 Å². The molecule has 2 aromatic rings. The normalized spacial score (nSPS) is 10.4. The van der Waals surface area contributed by atoms with Crippen molar-refractivity contribution in [2.45, 2.75) is 13.5 Å². The summed E-state index contributed by atoms with van der Waals surface area (Å²) in [6, 6.07) is 9.10. The fourth-order valence-corrected chi connectivity index (χ4v) is 3.20. The van der Waals surface area contributed by atoms with Crippen LogP contribution in [0, 0.1) is 6.92 Å². The Morgan fingerprint density at radius 2 is 2.19 bits per heavy atom. The van der Waals surface area contributed by atoms with Gasteiger partial charge in [0.05, 0.1) is 10.9 Å². The number of nitrogens with two attached hydrogens (primary N) is 1. The van der Waals surface area contributed by atoms with Crippen molar-refractivity contribution in [3.8, 4) is 0 Å². The van der Waals surface area contributed by atoms with Gasteiger partial charge in [-0.1, -0.05) is 17.7 Å². The Hall–Kier alpha value is -1.78. The summed E-state index contributed by atoms with van der Waals surface area (Å²) >= 11 is 7.42. The zero-order chi connectivity index (χ0) is 15.4. The van der Waals surface area contributed by atoms with Crippen molar-refractivity contribution in [3.63, 3.8) is 0 Å². The molecular weight excluding hydrogens is 304 g/mol. The molecule has 3 nitrogen and oxygen atoms in total.